The van der Waals surface area contributed by atoms with Gasteiger partial charge in [0.05, 0.1) is 28.1 Å². The van der Waals surface area contributed by atoms with Crippen LogP contribution in [0.15, 0.2) is 74.2 Å². The summed E-state index contributed by atoms with van der Waals surface area (Å²) < 4.78 is 30.8. The summed E-state index contributed by atoms with van der Waals surface area (Å²) in [6.45, 7) is 0.247. The minimum atomic E-state index is -4.04. The highest BCUT2D eigenvalue weighted by atomic mass is 32.2. The second-order valence-corrected chi connectivity index (χ2v) is 9.18. The zero-order valence-electron chi connectivity index (χ0n) is 15.8. The Labute approximate surface area is 180 Å². The fraction of sp³-hybridized carbons (Fsp3) is 0.0500. The van der Waals surface area contributed by atoms with Gasteiger partial charge in [-0.15, -0.1) is 15.7 Å². The minimum absolute atomic E-state index is 0.00374. The van der Waals surface area contributed by atoms with Crippen molar-refractivity contribution in [2.24, 2.45) is 4.40 Å². The van der Waals surface area contributed by atoms with E-state index in [9.17, 15) is 18.3 Å². The van der Waals surface area contributed by atoms with Crippen molar-refractivity contribution < 1.29 is 13.5 Å². The largest absolute Gasteiger partial charge is 0.505 e. The molecule has 4 aromatic rings. The van der Waals surface area contributed by atoms with E-state index < -0.39 is 15.6 Å². The van der Waals surface area contributed by atoms with Crippen LogP contribution in [0.4, 0.5) is 5.69 Å². The quantitative estimate of drug-likeness (QED) is 0.433. The molecule has 3 aromatic heterocycles. The lowest BCUT2D eigenvalue weighted by Gasteiger charge is -2.20. The van der Waals surface area contributed by atoms with Gasteiger partial charge in [-0.1, -0.05) is 18.2 Å². The summed E-state index contributed by atoms with van der Waals surface area (Å²) in [6.07, 6.45) is 1.64. The molecule has 1 aromatic carbocycles. The van der Waals surface area contributed by atoms with E-state index in [0.29, 0.717) is 15.9 Å². The number of fused-ring (bicyclic) bond motifs is 2. The molecule has 156 valence electrons. The zero-order chi connectivity index (χ0) is 21.6. The first-order chi connectivity index (χ1) is 15.0. The normalized spacial score (nSPS) is 14.5. The number of thiophene rings is 1. The van der Waals surface area contributed by atoms with Crippen molar-refractivity contribution in [3.8, 4) is 5.75 Å². The maximum absolute atomic E-state index is 13.4. The van der Waals surface area contributed by atoms with Crippen LogP contribution in [0.2, 0.25) is 0 Å². The standard InChI is InChI=1S/C20H15N5O4S2/c26-17-16(19-23-13-6-1-2-7-15(13)31(28,29)24-19)20(27)25(14-8-10-30-18(14)17)22-11-12-5-3-4-9-21-12/h1-10,22,26H,11H2,(H,23,24). The highest BCUT2D eigenvalue weighted by Gasteiger charge is 2.30. The maximum Gasteiger partial charge on any atom is 0.286 e. The molecule has 3 N–H and O–H groups in total. The first-order valence-electron chi connectivity index (χ1n) is 9.16. The van der Waals surface area contributed by atoms with Crippen LogP contribution in [0.3, 0.4) is 0 Å². The average molecular weight is 454 g/mol. The molecular weight excluding hydrogens is 438 g/mol. The molecule has 0 fully saturated rings. The van der Waals surface area contributed by atoms with E-state index in [4.69, 9.17) is 0 Å². The van der Waals surface area contributed by atoms with E-state index in [1.807, 2.05) is 6.07 Å². The topological polar surface area (TPSA) is 126 Å². The number of aromatic hydroxyl groups is 1. The van der Waals surface area contributed by atoms with Crippen LogP contribution < -0.4 is 16.3 Å². The number of aromatic nitrogens is 2. The summed E-state index contributed by atoms with van der Waals surface area (Å²) in [6, 6.07) is 13.4. The molecular formula is C20H15N5O4S2. The molecule has 9 nitrogen and oxygen atoms in total. The van der Waals surface area contributed by atoms with Gasteiger partial charge in [-0.3, -0.25) is 9.78 Å². The molecule has 11 heteroatoms. The van der Waals surface area contributed by atoms with Crippen molar-refractivity contribution in [3.05, 3.63) is 81.7 Å². The Kier molecular flexibility index (Phi) is 4.49. The van der Waals surface area contributed by atoms with Crippen LogP contribution in [-0.2, 0) is 16.6 Å². The third kappa shape index (κ3) is 3.23. The van der Waals surface area contributed by atoms with Crippen LogP contribution in [0.25, 0.3) is 10.2 Å². The lowest BCUT2D eigenvalue weighted by molar-refractivity contribution is 0.479. The molecule has 4 heterocycles. The Balaban J connectivity index is 1.67. The smallest absolute Gasteiger partial charge is 0.286 e. The van der Waals surface area contributed by atoms with Crippen LogP contribution >= 0.6 is 11.3 Å². The number of amidine groups is 1. The van der Waals surface area contributed by atoms with Gasteiger partial charge in [0.2, 0.25) is 0 Å². The highest BCUT2D eigenvalue weighted by molar-refractivity contribution is 7.90. The molecule has 31 heavy (non-hydrogen) atoms. The van der Waals surface area contributed by atoms with E-state index in [1.165, 1.54) is 22.1 Å². The molecule has 0 atom stereocenters. The number of nitrogens with one attached hydrogen (secondary N) is 2. The molecule has 1 aliphatic rings. The Bertz CT molecular complexity index is 1510. The van der Waals surface area contributed by atoms with E-state index in [2.05, 4.69) is 20.1 Å². The van der Waals surface area contributed by atoms with Gasteiger partial charge in [-0.05, 0) is 35.7 Å². The van der Waals surface area contributed by atoms with E-state index in [-0.39, 0.29) is 34.3 Å². The van der Waals surface area contributed by atoms with Gasteiger partial charge in [0.1, 0.15) is 10.5 Å². The number of anilines is 1. The predicted molar refractivity (Wildman–Crippen MR) is 119 cm³/mol. The molecule has 1 aliphatic heterocycles. The van der Waals surface area contributed by atoms with Crippen molar-refractivity contribution in [2.45, 2.75) is 11.4 Å². The third-order valence-corrected chi connectivity index (χ3v) is 7.01. The minimum Gasteiger partial charge on any atom is -0.505 e. The Morgan fingerprint density at radius 1 is 1.13 bits per heavy atom. The fourth-order valence-electron chi connectivity index (χ4n) is 3.35. The van der Waals surface area contributed by atoms with Crippen molar-refractivity contribution in [3.63, 3.8) is 0 Å². The van der Waals surface area contributed by atoms with Gasteiger partial charge in [0, 0.05) is 6.20 Å². The Morgan fingerprint density at radius 2 is 1.94 bits per heavy atom. The molecule has 0 spiro atoms. The molecule has 0 bridgehead atoms. The number of hydrogen-bond donors (Lipinski definition) is 3. The number of benzene rings is 1. The number of para-hydroxylation sites is 1. The van der Waals surface area contributed by atoms with Crippen LogP contribution in [0, 0.1) is 0 Å². The zero-order valence-corrected chi connectivity index (χ0v) is 17.4. The second kappa shape index (κ2) is 7.22. The number of rotatable bonds is 4. The van der Waals surface area contributed by atoms with E-state index in [1.54, 1.807) is 48.0 Å². The Hall–Kier alpha value is -3.70. The number of hydrogen-bond acceptors (Lipinski definition) is 8. The SMILES string of the molecule is O=c1c(C2=NS(=O)(=O)c3ccccc3N2)c(O)c2sccc2n1NCc1ccccn1. The molecule has 0 unspecified atom stereocenters. The fourth-order valence-corrected chi connectivity index (χ4v) is 5.30. The summed E-state index contributed by atoms with van der Waals surface area (Å²) in [5.74, 6) is -0.559. The molecule has 5 rings (SSSR count). The number of sulfonamides is 1. The third-order valence-electron chi connectivity index (χ3n) is 4.76. The van der Waals surface area contributed by atoms with Gasteiger partial charge in [0.15, 0.2) is 11.6 Å². The summed E-state index contributed by atoms with van der Waals surface area (Å²) in [4.78, 5) is 17.6. The summed E-state index contributed by atoms with van der Waals surface area (Å²) >= 11 is 1.22. The molecule has 0 radical (unpaired) electrons. The average Bonchev–Trinajstić information content (AvgIpc) is 3.24. The van der Waals surface area contributed by atoms with E-state index in [0.717, 1.165) is 0 Å². The van der Waals surface area contributed by atoms with E-state index >= 15 is 0 Å². The first-order valence-corrected chi connectivity index (χ1v) is 11.5. The summed E-state index contributed by atoms with van der Waals surface area (Å²) in [5, 5.41) is 15.4. The van der Waals surface area contributed by atoms with Crippen molar-refractivity contribution in [1.82, 2.24) is 9.66 Å². The van der Waals surface area contributed by atoms with Crippen LogP contribution in [0.5, 0.6) is 5.75 Å². The van der Waals surface area contributed by atoms with Crippen molar-refractivity contribution >= 4 is 43.1 Å². The predicted octanol–water partition coefficient (Wildman–Crippen LogP) is 2.47. The highest BCUT2D eigenvalue weighted by Crippen LogP contribution is 2.34. The lowest BCUT2D eigenvalue weighted by Crippen LogP contribution is -2.36. The number of nitrogens with zero attached hydrogens (tertiary/aromatic N) is 3. The van der Waals surface area contributed by atoms with Crippen molar-refractivity contribution in [2.75, 3.05) is 10.7 Å². The van der Waals surface area contributed by atoms with Gasteiger partial charge in [-0.25, -0.2) is 4.68 Å². The van der Waals surface area contributed by atoms with Crippen molar-refractivity contribution in [1.29, 1.82) is 0 Å². The van der Waals surface area contributed by atoms with Gasteiger partial charge in [-0.2, -0.15) is 8.42 Å². The number of pyridine rings is 2. The second-order valence-electron chi connectivity index (χ2n) is 6.69. The first kappa shape index (κ1) is 19.3. The lowest BCUT2D eigenvalue weighted by atomic mass is 10.2. The van der Waals surface area contributed by atoms with Crippen LogP contribution in [-0.4, -0.2) is 29.0 Å². The Morgan fingerprint density at radius 3 is 2.74 bits per heavy atom. The van der Waals surface area contributed by atoms with Gasteiger partial charge >= 0.3 is 0 Å². The maximum atomic E-state index is 13.4. The molecule has 0 saturated carbocycles. The molecule has 0 amide bonds. The summed E-state index contributed by atoms with van der Waals surface area (Å²) in [7, 11) is -4.04. The van der Waals surface area contributed by atoms with Gasteiger partial charge < -0.3 is 15.8 Å². The van der Waals surface area contributed by atoms with Crippen LogP contribution in [0.1, 0.15) is 11.3 Å². The van der Waals surface area contributed by atoms with Gasteiger partial charge in [0.25, 0.3) is 15.6 Å². The molecule has 0 saturated heterocycles. The monoisotopic (exact) mass is 453 g/mol. The molecule has 0 aliphatic carbocycles. The summed E-state index contributed by atoms with van der Waals surface area (Å²) in [5.41, 5.74) is 3.59.